The topological polar surface area (TPSA) is 9.23 Å². The van der Waals surface area contributed by atoms with Crippen molar-refractivity contribution in [3.8, 4) is 0 Å². The lowest BCUT2D eigenvalue weighted by atomic mass is 9.85. The molecular formula is C16H13F21NO+. The van der Waals surface area contributed by atoms with Crippen molar-refractivity contribution in [2.24, 2.45) is 0 Å². The lowest BCUT2D eigenvalue weighted by molar-refractivity contribution is -0.938. The first-order valence-corrected chi connectivity index (χ1v) is 9.50. The zero-order chi connectivity index (χ0) is 31.9. The van der Waals surface area contributed by atoms with Crippen LogP contribution in [0.15, 0.2) is 0 Å². The molecule has 1 aliphatic rings. The average molecular weight is 634 g/mol. The standard InChI is InChI=1S/C16H13F21NO/c1-6(38(2)3-4-39-5-38)7(17,18)8(19,20)9(21,22)10(23,24)11(25,26)12(27,28)13(29,30)14(31,32)15(33,34)16(35,36)37/h6H,3-5H2,1-2H3/q+1. The summed E-state index contributed by atoms with van der Waals surface area (Å²) in [7, 11) is 0.546. The minimum absolute atomic E-state index is 0.0719. The minimum Gasteiger partial charge on any atom is -0.326 e. The highest BCUT2D eigenvalue weighted by molar-refractivity contribution is 5.18. The second kappa shape index (κ2) is 8.97. The third-order valence-corrected chi connectivity index (χ3v) is 6.13. The highest BCUT2D eigenvalue weighted by atomic mass is 19.4. The van der Waals surface area contributed by atoms with Gasteiger partial charge in [-0.25, -0.2) is 0 Å². The van der Waals surface area contributed by atoms with E-state index in [1.165, 1.54) is 0 Å². The molecule has 2 nitrogen and oxygen atoms in total. The molecule has 2 atom stereocenters. The summed E-state index contributed by atoms with van der Waals surface area (Å²) < 4.78 is 285. The van der Waals surface area contributed by atoms with Crippen LogP contribution in [0.4, 0.5) is 92.2 Å². The third-order valence-electron chi connectivity index (χ3n) is 6.13. The Labute approximate surface area is 202 Å². The van der Waals surface area contributed by atoms with E-state index in [-0.39, 0.29) is 6.92 Å². The van der Waals surface area contributed by atoms with Gasteiger partial charge >= 0.3 is 59.5 Å². The lowest BCUT2D eigenvalue weighted by Gasteiger charge is -2.46. The predicted molar refractivity (Wildman–Crippen MR) is 81.9 cm³/mol. The summed E-state index contributed by atoms with van der Waals surface area (Å²) in [5.74, 6) is -76.8. The second-order valence-corrected chi connectivity index (χ2v) is 8.63. The van der Waals surface area contributed by atoms with E-state index in [2.05, 4.69) is 4.74 Å². The number of ether oxygens (including phenoxy) is 1. The number of hydrogen-bond donors (Lipinski definition) is 0. The summed E-state index contributed by atoms with van der Waals surface area (Å²) in [6.07, 6.45) is -8.00. The first-order valence-electron chi connectivity index (χ1n) is 9.50. The molecule has 0 saturated carbocycles. The smallest absolute Gasteiger partial charge is 0.326 e. The largest absolute Gasteiger partial charge is 0.460 e. The number of halogens is 21. The van der Waals surface area contributed by atoms with Crippen molar-refractivity contribution in [2.75, 3.05) is 26.9 Å². The zero-order valence-electron chi connectivity index (χ0n) is 18.5. The van der Waals surface area contributed by atoms with Gasteiger partial charge in [-0.2, -0.15) is 92.2 Å². The summed E-state index contributed by atoms with van der Waals surface area (Å²) in [5.41, 5.74) is 0. The van der Waals surface area contributed by atoms with Crippen molar-refractivity contribution < 1.29 is 101 Å². The molecule has 23 heteroatoms. The van der Waals surface area contributed by atoms with Crippen LogP contribution < -0.4 is 0 Å². The van der Waals surface area contributed by atoms with E-state index in [0.717, 1.165) is 0 Å². The van der Waals surface area contributed by atoms with Crippen LogP contribution in [0.2, 0.25) is 0 Å². The Bertz CT molecular complexity index is 900. The van der Waals surface area contributed by atoms with Gasteiger partial charge in [0.1, 0.15) is 13.2 Å². The molecule has 1 aliphatic heterocycles. The molecule has 0 aromatic heterocycles. The molecule has 1 rings (SSSR count). The molecule has 39 heavy (non-hydrogen) atoms. The molecule has 1 saturated heterocycles. The monoisotopic (exact) mass is 634 g/mol. The van der Waals surface area contributed by atoms with Crippen LogP contribution in [0.3, 0.4) is 0 Å². The molecule has 0 aromatic rings. The number of rotatable bonds is 10. The van der Waals surface area contributed by atoms with Crippen LogP contribution in [0.5, 0.6) is 0 Å². The van der Waals surface area contributed by atoms with Gasteiger partial charge in [0.2, 0.25) is 0 Å². The summed E-state index contributed by atoms with van der Waals surface area (Å²) in [4.78, 5) is 0. The molecule has 0 spiro atoms. The van der Waals surface area contributed by atoms with Gasteiger partial charge in [-0.3, -0.25) is 4.48 Å². The fourth-order valence-electron chi connectivity index (χ4n) is 3.14. The van der Waals surface area contributed by atoms with Gasteiger partial charge in [-0.1, -0.05) is 0 Å². The maximum atomic E-state index is 14.4. The molecule has 2 unspecified atom stereocenters. The van der Waals surface area contributed by atoms with Crippen molar-refractivity contribution >= 4 is 0 Å². The SMILES string of the molecule is CC(C(F)(F)C(F)(F)C(F)(F)C(F)(F)C(F)(F)C(F)(F)C(F)(F)C(F)(F)C(F)(F)C(F)(F)F)[N+]1(C)CCOC1. The van der Waals surface area contributed by atoms with Gasteiger partial charge in [-0.15, -0.1) is 0 Å². The highest BCUT2D eigenvalue weighted by Crippen LogP contribution is 2.66. The van der Waals surface area contributed by atoms with Crippen LogP contribution in [0.25, 0.3) is 0 Å². The molecule has 1 fully saturated rings. The van der Waals surface area contributed by atoms with E-state index in [1.807, 2.05) is 0 Å². The van der Waals surface area contributed by atoms with Crippen LogP contribution in [0.1, 0.15) is 6.92 Å². The average Bonchev–Trinajstić information content (AvgIpc) is 3.18. The Morgan fingerprint density at radius 3 is 1.03 bits per heavy atom. The molecule has 0 N–H and O–H groups in total. The van der Waals surface area contributed by atoms with Crippen LogP contribution in [0, 0.1) is 0 Å². The fourth-order valence-corrected chi connectivity index (χ4v) is 3.14. The van der Waals surface area contributed by atoms with Crippen LogP contribution >= 0.6 is 0 Å². The molecule has 0 aromatic carbocycles. The second-order valence-electron chi connectivity index (χ2n) is 8.63. The normalized spacial score (nSPS) is 22.8. The summed E-state index contributed by atoms with van der Waals surface area (Å²) in [6, 6.07) is -3.33. The zero-order valence-corrected chi connectivity index (χ0v) is 18.5. The highest BCUT2D eigenvalue weighted by Gasteiger charge is 2.98. The predicted octanol–water partition coefficient (Wildman–Crippen LogP) is 7.09. The lowest BCUT2D eigenvalue weighted by Crippen LogP contribution is -2.78. The molecule has 234 valence electrons. The first-order chi connectivity index (χ1) is 16.6. The number of nitrogens with zero attached hydrogens (tertiary/aromatic N) is 1. The van der Waals surface area contributed by atoms with Crippen LogP contribution in [-0.4, -0.2) is 96.9 Å². The third kappa shape index (κ3) is 4.29. The molecule has 0 amide bonds. The van der Waals surface area contributed by atoms with Gasteiger partial charge in [0.05, 0.1) is 7.05 Å². The first kappa shape index (κ1) is 35.5. The van der Waals surface area contributed by atoms with Gasteiger partial charge in [0.15, 0.2) is 12.8 Å². The minimum atomic E-state index is -9.16. The maximum absolute atomic E-state index is 14.4. The van der Waals surface area contributed by atoms with Crippen molar-refractivity contribution in [2.45, 2.75) is 72.4 Å². The van der Waals surface area contributed by atoms with E-state index in [9.17, 15) is 92.2 Å². The fraction of sp³-hybridized carbons (Fsp3) is 1.00. The van der Waals surface area contributed by atoms with Gasteiger partial charge < -0.3 is 4.74 Å². The van der Waals surface area contributed by atoms with Crippen molar-refractivity contribution in [1.29, 1.82) is 0 Å². The molecule has 0 bridgehead atoms. The molecule has 0 aliphatic carbocycles. The van der Waals surface area contributed by atoms with Gasteiger partial charge in [0.25, 0.3) is 0 Å². The number of hydrogen-bond acceptors (Lipinski definition) is 1. The van der Waals surface area contributed by atoms with Crippen molar-refractivity contribution in [3.63, 3.8) is 0 Å². The Kier molecular flexibility index (Phi) is 8.16. The van der Waals surface area contributed by atoms with Gasteiger partial charge in [-0.05, 0) is 6.92 Å². The quantitative estimate of drug-likeness (QED) is 0.184. The summed E-state index contributed by atoms with van der Waals surface area (Å²) in [5, 5.41) is 0. The van der Waals surface area contributed by atoms with E-state index in [4.69, 9.17) is 0 Å². The van der Waals surface area contributed by atoms with Crippen molar-refractivity contribution in [3.05, 3.63) is 0 Å². The van der Waals surface area contributed by atoms with E-state index >= 15 is 0 Å². The van der Waals surface area contributed by atoms with Crippen molar-refractivity contribution in [1.82, 2.24) is 0 Å². The summed E-state index contributed by atoms with van der Waals surface area (Å²) in [6.45, 7) is -2.40. The van der Waals surface area contributed by atoms with Crippen LogP contribution in [-0.2, 0) is 4.74 Å². The molecule has 1 heterocycles. The van der Waals surface area contributed by atoms with E-state index < -0.39 is 89.9 Å². The Hall–Kier alpha value is -1.55. The maximum Gasteiger partial charge on any atom is 0.460 e. The number of alkyl halides is 21. The summed E-state index contributed by atoms with van der Waals surface area (Å²) >= 11 is 0. The number of likely N-dealkylation sites (N-methyl/N-ethyl adjacent to an activating group) is 1. The Morgan fingerprint density at radius 2 is 0.769 bits per heavy atom. The Morgan fingerprint density at radius 1 is 0.487 bits per heavy atom. The van der Waals surface area contributed by atoms with E-state index in [0.29, 0.717) is 7.05 Å². The van der Waals surface area contributed by atoms with Gasteiger partial charge in [0, 0.05) is 0 Å². The molecular weight excluding hydrogens is 621 g/mol. The number of quaternary nitrogens is 1. The molecule has 0 radical (unpaired) electrons. The van der Waals surface area contributed by atoms with E-state index in [1.54, 1.807) is 0 Å². The Balaban J connectivity index is 3.76.